The van der Waals surface area contributed by atoms with E-state index in [1.54, 1.807) is 0 Å². The van der Waals surface area contributed by atoms with E-state index in [4.69, 9.17) is 0 Å². The highest BCUT2D eigenvalue weighted by Crippen LogP contribution is 2.23. The van der Waals surface area contributed by atoms with Gasteiger partial charge >= 0.3 is 0 Å². The van der Waals surface area contributed by atoms with Crippen LogP contribution in [0.25, 0.3) is 0 Å². The molecule has 1 aliphatic rings. The van der Waals surface area contributed by atoms with E-state index in [9.17, 15) is 31.5 Å². The van der Waals surface area contributed by atoms with E-state index in [1.165, 1.54) is 18.2 Å². The number of amides is 1. The van der Waals surface area contributed by atoms with Crippen LogP contribution in [0.4, 0.5) is 18.9 Å². The summed E-state index contributed by atoms with van der Waals surface area (Å²) < 4.78 is 65.7. The number of hydrogen-bond donors (Lipinski definition) is 2. The Labute approximate surface area is 153 Å². The van der Waals surface area contributed by atoms with Crippen LogP contribution in [-0.2, 0) is 10.0 Å². The Balaban J connectivity index is 1.84. The highest BCUT2D eigenvalue weighted by Gasteiger charge is 2.31. The smallest absolute Gasteiger partial charge is 0.255 e. The Morgan fingerprint density at radius 3 is 2.41 bits per heavy atom. The van der Waals surface area contributed by atoms with Gasteiger partial charge in [0.25, 0.3) is 5.91 Å². The van der Waals surface area contributed by atoms with Gasteiger partial charge in [0.1, 0.15) is 0 Å². The lowest BCUT2D eigenvalue weighted by Gasteiger charge is -2.16. The number of halogens is 3. The van der Waals surface area contributed by atoms with Crippen molar-refractivity contribution in [2.75, 3.05) is 18.4 Å². The van der Waals surface area contributed by atoms with Crippen LogP contribution in [0.1, 0.15) is 16.8 Å². The van der Waals surface area contributed by atoms with Crippen LogP contribution in [0.3, 0.4) is 0 Å². The molecular weight excluding hydrogens is 385 g/mol. The van der Waals surface area contributed by atoms with Gasteiger partial charge in [-0.2, -0.15) is 4.31 Å². The monoisotopic (exact) mass is 400 g/mol. The van der Waals surface area contributed by atoms with Gasteiger partial charge in [-0.25, -0.2) is 21.6 Å². The van der Waals surface area contributed by atoms with Gasteiger partial charge in [0.2, 0.25) is 10.0 Å². The van der Waals surface area contributed by atoms with Gasteiger partial charge in [-0.1, -0.05) is 6.07 Å². The van der Waals surface area contributed by atoms with Gasteiger partial charge < -0.3 is 10.4 Å². The molecule has 6 nitrogen and oxygen atoms in total. The number of nitrogens with one attached hydrogen (secondary N) is 1. The summed E-state index contributed by atoms with van der Waals surface area (Å²) in [6.07, 6.45) is -0.421. The first-order chi connectivity index (χ1) is 12.7. The summed E-state index contributed by atoms with van der Waals surface area (Å²) in [5.74, 6) is -5.41. The number of β-amino-alcohol motifs (C(OH)–C–C–N with tert-alkyl or cyclic N) is 1. The minimum absolute atomic E-state index is 0.0348. The fraction of sp³-hybridized carbons (Fsp3) is 0.235. The summed E-state index contributed by atoms with van der Waals surface area (Å²) in [4.78, 5) is 12.1. The number of aliphatic hydroxyl groups excluding tert-OH is 1. The number of hydrogen-bond acceptors (Lipinski definition) is 4. The molecule has 1 unspecified atom stereocenters. The molecule has 1 fully saturated rings. The highest BCUT2D eigenvalue weighted by atomic mass is 32.2. The zero-order valence-corrected chi connectivity index (χ0v) is 14.6. The van der Waals surface area contributed by atoms with Crippen LogP contribution in [-0.4, -0.2) is 42.9 Å². The molecule has 0 aromatic heterocycles. The Bertz CT molecular complexity index is 974. The lowest BCUT2D eigenvalue weighted by Crippen LogP contribution is -2.30. The lowest BCUT2D eigenvalue weighted by atomic mass is 10.2. The van der Waals surface area contributed by atoms with Gasteiger partial charge in [0.15, 0.2) is 17.5 Å². The number of anilines is 1. The molecule has 0 bridgehead atoms. The molecule has 0 radical (unpaired) electrons. The summed E-state index contributed by atoms with van der Waals surface area (Å²) in [5, 5.41) is 11.7. The molecule has 10 heteroatoms. The quantitative estimate of drug-likeness (QED) is 0.770. The number of sulfonamides is 1. The Hall–Kier alpha value is -2.43. The minimum atomic E-state index is -3.90. The van der Waals surface area contributed by atoms with E-state index in [2.05, 4.69) is 5.32 Å². The molecule has 144 valence electrons. The van der Waals surface area contributed by atoms with Crippen molar-refractivity contribution in [3.63, 3.8) is 0 Å². The minimum Gasteiger partial charge on any atom is -0.392 e. The summed E-state index contributed by atoms with van der Waals surface area (Å²) in [6, 6.07) is 6.31. The van der Waals surface area contributed by atoms with Crippen molar-refractivity contribution in [2.24, 2.45) is 0 Å². The van der Waals surface area contributed by atoms with Crippen molar-refractivity contribution < 1.29 is 31.5 Å². The van der Waals surface area contributed by atoms with E-state index >= 15 is 0 Å². The van der Waals surface area contributed by atoms with Crippen molar-refractivity contribution >= 4 is 21.6 Å². The van der Waals surface area contributed by atoms with Crippen LogP contribution in [0.15, 0.2) is 41.3 Å². The van der Waals surface area contributed by atoms with Crippen LogP contribution in [0.2, 0.25) is 0 Å². The van der Waals surface area contributed by atoms with Gasteiger partial charge in [-0.3, -0.25) is 4.79 Å². The van der Waals surface area contributed by atoms with Crippen molar-refractivity contribution in [3.05, 3.63) is 59.4 Å². The van der Waals surface area contributed by atoms with Gasteiger partial charge in [0.05, 0.1) is 11.0 Å². The summed E-state index contributed by atoms with van der Waals surface area (Å²) >= 11 is 0. The number of rotatable bonds is 4. The molecular formula is C17H15F3N2O4S. The maximum atomic E-state index is 13.2. The third-order valence-corrected chi connectivity index (χ3v) is 5.96. The molecule has 1 amide bonds. The molecule has 1 atom stereocenters. The number of nitrogens with zero attached hydrogens (tertiary/aromatic N) is 1. The maximum absolute atomic E-state index is 13.2. The molecule has 2 aromatic rings. The number of aliphatic hydroxyl groups is 1. The second-order valence-electron chi connectivity index (χ2n) is 6.04. The Morgan fingerprint density at radius 2 is 1.81 bits per heavy atom. The normalized spacial score (nSPS) is 17.9. The molecule has 2 aromatic carbocycles. The fourth-order valence-corrected chi connectivity index (χ4v) is 4.25. The van der Waals surface area contributed by atoms with Gasteiger partial charge in [0, 0.05) is 36.5 Å². The molecule has 1 heterocycles. The summed E-state index contributed by atoms with van der Waals surface area (Å²) in [5.41, 5.74) is -0.381. The van der Waals surface area contributed by atoms with Crippen LogP contribution >= 0.6 is 0 Å². The predicted octanol–water partition coefficient (Wildman–Crippen LogP) is 2.11. The van der Waals surface area contributed by atoms with Gasteiger partial charge in [-0.15, -0.1) is 0 Å². The van der Waals surface area contributed by atoms with Crippen molar-refractivity contribution in [1.82, 2.24) is 4.31 Å². The Kier molecular flexibility index (Phi) is 5.22. The van der Waals surface area contributed by atoms with Gasteiger partial charge in [-0.05, 0) is 24.6 Å². The third-order valence-electron chi connectivity index (χ3n) is 4.10. The fourth-order valence-electron chi connectivity index (χ4n) is 2.71. The molecule has 0 spiro atoms. The predicted molar refractivity (Wildman–Crippen MR) is 90.1 cm³/mol. The number of benzene rings is 2. The average Bonchev–Trinajstić information content (AvgIpc) is 3.07. The van der Waals surface area contributed by atoms with E-state index < -0.39 is 39.5 Å². The second-order valence-corrected chi connectivity index (χ2v) is 7.98. The topological polar surface area (TPSA) is 86.7 Å². The average molecular weight is 400 g/mol. The first kappa shape index (κ1) is 19.3. The lowest BCUT2D eigenvalue weighted by molar-refractivity contribution is 0.102. The van der Waals surface area contributed by atoms with E-state index in [1.807, 2.05) is 0 Å². The van der Waals surface area contributed by atoms with Crippen molar-refractivity contribution in [3.8, 4) is 0 Å². The highest BCUT2D eigenvalue weighted by molar-refractivity contribution is 7.89. The van der Waals surface area contributed by atoms with Crippen molar-refractivity contribution in [1.29, 1.82) is 0 Å². The first-order valence-electron chi connectivity index (χ1n) is 7.92. The maximum Gasteiger partial charge on any atom is 0.255 e. The molecule has 3 rings (SSSR count). The van der Waals surface area contributed by atoms with Crippen LogP contribution in [0, 0.1) is 17.5 Å². The van der Waals surface area contributed by atoms with E-state index in [0.29, 0.717) is 18.6 Å². The largest absolute Gasteiger partial charge is 0.392 e. The molecule has 0 aliphatic carbocycles. The molecule has 0 saturated carbocycles. The molecule has 2 N–H and O–H groups in total. The van der Waals surface area contributed by atoms with Crippen LogP contribution in [0.5, 0.6) is 0 Å². The summed E-state index contributed by atoms with van der Waals surface area (Å²) in [6.45, 7) is 0.126. The van der Waals surface area contributed by atoms with E-state index in [0.717, 1.165) is 10.4 Å². The molecule has 27 heavy (non-hydrogen) atoms. The van der Waals surface area contributed by atoms with E-state index in [-0.39, 0.29) is 29.2 Å². The zero-order chi connectivity index (χ0) is 19.8. The van der Waals surface area contributed by atoms with Crippen LogP contribution < -0.4 is 5.32 Å². The first-order valence-corrected chi connectivity index (χ1v) is 9.36. The number of carbonyl (C=O) groups excluding carboxylic acids is 1. The Morgan fingerprint density at radius 1 is 1.15 bits per heavy atom. The second kappa shape index (κ2) is 7.29. The molecule has 1 saturated heterocycles. The zero-order valence-electron chi connectivity index (χ0n) is 13.8. The summed E-state index contributed by atoms with van der Waals surface area (Å²) in [7, 11) is -3.90. The standard InChI is InChI=1S/C17H15F3N2O4S/c18-14-7-11(8-15(19)16(14)20)21-17(24)10-2-1-3-13(6-10)27(25,26)22-5-4-12(23)9-22/h1-3,6-8,12,23H,4-5,9H2,(H,21,24). The molecule has 1 aliphatic heterocycles. The number of carbonyl (C=O) groups is 1. The third kappa shape index (κ3) is 3.97. The van der Waals surface area contributed by atoms with Crippen molar-refractivity contribution in [2.45, 2.75) is 17.4 Å². The SMILES string of the molecule is O=C(Nc1cc(F)c(F)c(F)c1)c1cccc(S(=O)(=O)N2CCC(O)C2)c1.